The van der Waals surface area contributed by atoms with Gasteiger partial charge in [0.2, 0.25) is 5.91 Å². The van der Waals surface area contributed by atoms with Crippen molar-refractivity contribution in [3.05, 3.63) is 72.9 Å². The zero-order chi connectivity index (χ0) is 45.2. The lowest BCUT2D eigenvalue weighted by atomic mass is 10.0. The second-order valence-corrected chi connectivity index (χ2v) is 17.7. The Bertz CT molecular complexity index is 1150. The van der Waals surface area contributed by atoms with Crippen molar-refractivity contribution in [3.8, 4) is 0 Å². The first kappa shape index (κ1) is 59.3. The second kappa shape index (κ2) is 49.3. The Morgan fingerprint density at radius 1 is 0.484 bits per heavy atom. The topological polar surface area (TPSA) is 95.9 Å². The second-order valence-electron chi connectivity index (χ2n) is 17.7. The molecule has 6 nitrogen and oxygen atoms in total. The van der Waals surface area contributed by atoms with Crippen LogP contribution < -0.4 is 5.32 Å². The number of ether oxygens (including phenoxy) is 1. The first-order chi connectivity index (χ1) is 30.5. The van der Waals surface area contributed by atoms with Crippen LogP contribution in [0.5, 0.6) is 0 Å². The lowest BCUT2D eigenvalue weighted by Gasteiger charge is -2.24. The van der Waals surface area contributed by atoms with Crippen molar-refractivity contribution in [1.29, 1.82) is 0 Å². The molecule has 0 heterocycles. The molecule has 0 aliphatic carbocycles. The van der Waals surface area contributed by atoms with E-state index in [2.05, 4.69) is 44.3 Å². The molecule has 0 fully saturated rings. The predicted octanol–water partition coefficient (Wildman–Crippen LogP) is 15.8. The maximum Gasteiger partial charge on any atom is 0.306 e. The number of allylic oxidation sites excluding steroid dienone is 12. The van der Waals surface area contributed by atoms with Crippen LogP contribution in [-0.2, 0) is 14.3 Å². The summed E-state index contributed by atoms with van der Waals surface area (Å²) in [5.74, 6) is -0.570. The van der Waals surface area contributed by atoms with Crippen LogP contribution in [-0.4, -0.2) is 46.9 Å². The lowest BCUT2D eigenvalue weighted by molar-refractivity contribution is -0.151. The van der Waals surface area contributed by atoms with Crippen LogP contribution in [0.2, 0.25) is 0 Å². The number of nitrogens with one attached hydrogen (secondary N) is 1. The van der Waals surface area contributed by atoms with Crippen molar-refractivity contribution in [3.63, 3.8) is 0 Å². The molecule has 3 N–H and O–H groups in total. The van der Waals surface area contributed by atoms with Crippen molar-refractivity contribution < 1.29 is 24.5 Å². The molecule has 1 amide bonds. The van der Waals surface area contributed by atoms with Crippen molar-refractivity contribution in [2.75, 3.05) is 6.61 Å². The van der Waals surface area contributed by atoms with E-state index in [0.29, 0.717) is 25.7 Å². The zero-order valence-electron chi connectivity index (χ0n) is 40.7. The van der Waals surface area contributed by atoms with Gasteiger partial charge in [-0.25, -0.2) is 0 Å². The molecule has 0 radical (unpaired) electrons. The fraction of sp³-hybridized carbons (Fsp3) is 0.750. The standard InChI is InChI=1S/C56H99NO5/c1-4-7-10-13-16-19-22-25-26-27-28-31-33-36-39-42-45-48-54(59)53(51-58)57-55(60)50-52(47-44-41-38-35-32-29-23-20-17-14-11-8-5-2)62-56(61)49-46-43-40-37-34-30-24-21-18-15-12-9-6-3/h9,12,15,18,20-21,23-24,30,34,37,40,52-54,58-59H,4-8,10-11,13-14,16-17,19,22,25-29,31-33,35-36,38-39,41-51H2,1-3H3,(H,57,60)/b12-9+,18-15+,23-20-,24-21-,34-30-,40-37+. The van der Waals surface area contributed by atoms with Crippen LogP contribution in [0.3, 0.4) is 0 Å². The number of aliphatic hydroxyl groups excluding tert-OH is 2. The van der Waals surface area contributed by atoms with Gasteiger partial charge in [0.05, 0.1) is 25.2 Å². The van der Waals surface area contributed by atoms with Gasteiger partial charge in [0.15, 0.2) is 0 Å². The van der Waals surface area contributed by atoms with E-state index in [1.165, 1.54) is 135 Å². The zero-order valence-corrected chi connectivity index (χ0v) is 40.7. The first-order valence-corrected chi connectivity index (χ1v) is 26.2. The molecule has 0 saturated heterocycles. The number of carbonyl (C=O) groups excluding carboxylic acids is 2. The molecule has 0 aromatic heterocycles. The number of carbonyl (C=O) groups is 2. The van der Waals surface area contributed by atoms with Crippen LogP contribution >= 0.6 is 0 Å². The van der Waals surface area contributed by atoms with Crippen LogP contribution in [0.15, 0.2) is 72.9 Å². The minimum Gasteiger partial charge on any atom is -0.462 e. The summed E-state index contributed by atoms with van der Waals surface area (Å²) in [5, 5.41) is 23.8. The van der Waals surface area contributed by atoms with Gasteiger partial charge in [-0.2, -0.15) is 0 Å². The lowest BCUT2D eigenvalue weighted by Crippen LogP contribution is -2.46. The summed E-state index contributed by atoms with van der Waals surface area (Å²) in [7, 11) is 0. The van der Waals surface area contributed by atoms with E-state index in [1.807, 2.05) is 54.7 Å². The maximum atomic E-state index is 13.2. The third-order valence-corrected chi connectivity index (χ3v) is 11.6. The van der Waals surface area contributed by atoms with Gasteiger partial charge in [0, 0.05) is 6.42 Å². The number of hydrogen-bond donors (Lipinski definition) is 3. The van der Waals surface area contributed by atoms with Gasteiger partial charge in [-0.05, 0) is 64.2 Å². The largest absolute Gasteiger partial charge is 0.462 e. The van der Waals surface area contributed by atoms with Crippen molar-refractivity contribution in [2.24, 2.45) is 0 Å². The highest BCUT2D eigenvalue weighted by Crippen LogP contribution is 2.18. The molecule has 358 valence electrons. The Hall–Kier alpha value is -2.70. The molecule has 6 heteroatoms. The Kier molecular flexibility index (Phi) is 47.2. The van der Waals surface area contributed by atoms with E-state index >= 15 is 0 Å². The summed E-state index contributed by atoms with van der Waals surface area (Å²) in [6.45, 7) is 6.31. The summed E-state index contributed by atoms with van der Waals surface area (Å²) < 4.78 is 5.89. The van der Waals surface area contributed by atoms with Crippen molar-refractivity contribution in [1.82, 2.24) is 5.32 Å². The molecule has 0 bridgehead atoms. The molecule has 0 aromatic rings. The van der Waals surface area contributed by atoms with E-state index in [9.17, 15) is 19.8 Å². The van der Waals surface area contributed by atoms with Crippen molar-refractivity contribution >= 4 is 11.9 Å². The normalized spacial score (nSPS) is 13.8. The highest BCUT2D eigenvalue weighted by molar-refractivity contribution is 5.77. The van der Waals surface area contributed by atoms with Crippen molar-refractivity contribution in [2.45, 2.75) is 264 Å². The molecule has 0 aromatic carbocycles. The molecule has 3 unspecified atom stereocenters. The Balaban J connectivity index is 4.61. The Labute approximate surface area is 383 Å². The van der Waals surface area contributed by atoms with Gasteiger partial charge in [-0.1, -0.05) is 241 Å². The summed E-state index contributed by atoms with van der Waals surface area (Å²) in [6.07, 6.45) is 62.5. The highest BCUT2D eigenvalue weighted by atomic mass is 16.5. The third kappa shape index (κ3) is 43.9. The first-order valence-electron chi connectivity index (χ1n) is 26.2. The predicted molar refractivity (Wildman–Crippen MR) is 268 cm³/mol. The fourth-order valence-corrected chi connectivity index (χ4v) is 7.69. The molecule has 0 saturated carbocycles. The quantitative estimate of drug-likeness (QED) is 0.0245. The van der Waals surface area contributed by atoms with Gasteiger partial charge in [-0.3, -0.25) is 9.59 Å². The fourth-order valence-electron chi connectivity index (χ4n) is 7.69. The van der Waals surface area contributed by atoms with Crippen LogP contribution in [0.25, 0.3) is 0 Å². The molecule has 0 aliphatic rings. The molecule has 3 atom stereocenters. The van der Waals surface area contributed by atoms with Gasteiger partial charge in [0.1, 0.15) is 6.10 Å². The molecule has 0 aliphatic heterocycles. The summed E-state index contributed by atoms with van der Waals surface area (Å²) in [4.78, 5) is 26.1. The number of hydrogen-bond acceptors (Lipinski definition) is 5. The average Bonchev–Trinajstić information content (AvgIpc) is 3.26. The van der Waals surface area contributed by atoms with Crippen LogP contribution in [0.4, 0.5) is 0 Å². The SMILES string of the molecule is CC/C=C/C=C/C=C\C=C/C=C/CCCC(=O)OC(CCCCCCC/C=C\CCCCCC)CC(=O)NC(CO)C(O)CCCCCCCCCCCCCCCCCCC. The van der Waals surface area contributed by atoms with Crippen LogP contribution in [0, 0.1) is 0 Å². The number of amides is 1. The number of esters is 1. The van der Waals surface area contributed by atoms with Gasteiger partial charge < -0.3 is 20.3 Å². The molecule has 62 heavy (non-hydrogen) atoms. The van der Waals surface area contributed by atoms with E-state index < -0.39 is 18.2 Å². The number of unbranched alkanes of at least 4 members (excludes halogenated alkanes) is 26. The maximum absolute atomic E-state index is 13.2. The highest BCUT2D eigenvalue weighted by Gasteiger charge is 2.24. The molecule has 0 spiro atoms. The average molecular weight is 866 g/mol. The van der Waals surface area contributed by atoms with E-state index in [1.54, 1.807) is 0 Å². The summed E-state index contributed by atoms with van der Waals surface area (Å²) in [5.41, 5.74) is 0. The van der Waals surface area contributed by atoms with E-state index in [-0.39, 0.29) is 24.9 Å². The molecular weight excluding hydrogens is 767 g/mol. The third-order valence-electron chi connectivity index (χ3n) is 11.6. The van der Waals surface area contributed by atoms with Crippen LogP contribution in [0.1, 0.15) is 245 Å². The summed E-state index contributed by atoms with van der Waals surface area (Å²) >= 11 is 0. The molecular formula is C56H99NO5. The van der Waals surface area contributed by atoms with Gasteiger partial charge >= 0.3 is 5.97 Å². The van der Waals surface area contributed by atoms with E-state index in [0.717, 1.165) is 57.8 Å². The Morgan fingerprint density at radius 3 is 1.37 bits per heavy atom. The number of aliphatic hydroxyl groups is 2. The molecule has 0 rings (SSSR count). The summed E-state index contributed by atoms with van der Waals surface area (Å²) in [6, 6.07) is -0.721. The van der Waals surface area contributed by atoms with E-state index in [4.69, 9.17) is 4.74 Å². The van der Waals surface area contributed by atoms with Gasteiger partial charge in [-0.15, -0.1) is 0 Å². The van der Waals surface area contributed by atoms with Gasteiger partial charge in [0.25, 0.3) is 0 Å². The smallest absolute Gasteiger partial charge is 0.306 e. The minimum atomic E-state index is -0.805. The Morgan fingerprint density at radius 2 is 0.887 bits per heavy atom. The monoisotopic (exact) mass is 866 g/mol. The number of rotatable bonds is 46. The minimum absolute atomic E-state index is 0.0411.